The molecule has 0 N–H and O–H groups in total. The minimum Gasteiger partial charge on any atom is -0.332 e. The molecule has 1 aromatic carbocycles. The van der Waals surface area contributed by atoms with Gasteiger partial charge in [0.2, 0.25) is 0 Å². The van der Waals surface area contributed by atoms with Crippen LogP contribution in [0.15, 0.2) is 48.9 Å². The highest BCUT2D eigenvalue weighted by atomic mass is 19.3. The number of carbonyl (C=O) groups excluding carboxylic acids is 1. The number of halogens is 3. The zero-order chi connectivity index (χ0) is 21.5. The first-order valence-corrected chi connectivity index (χ1v) is 10.2. The molecule has 3 aromatic rings. The standard InChI is InChI=1S/C22H20F3N5O/c23-18-3-1-2-17(20(18)30-27-8-9-28-30)22(31)29-16-6-7-19(29)14(11-16)10-15-5-4-13(12-26-15)21(24)25/h1-5,8-9,12,14,16,19,21H,6-7,10-11H2. The molecule has 4 heterocycles. The number of benzene rings is 1. The van der Waals surface area contributed by atoms with E-state index in [9.17, 15) is 18.0 Å². The van der Waals surface area contributed by atoms with E-state index < -0.39 is 12.2 Å². The van der Waals surface area contributed by atoms with E-state index in [2.05, 4.69) is 15.2 Å². The fourth-order valence-electron chi connectivity index (χ4n) is 4.96. The summed E-state index contributed by atoms with van der Waals surface area (Å²) in [5.74, 6) is -0.608. The number of alkyl halides is 2. The minimum absolute atomic E-state index is 0.00998. The summed E-state index contributed by atoms with van der Waals surface area (Å²) in [6.45, 7) is 0. The Morgan fingerprint density at radius 2 is 1.94 bits per heavy atom. The van der Waals surface area contributed by atoms with Crippen LogP contribution in [0.25, 0.3) is 5.69 Å². The summed E-state index contributed by atoms with van der Waals surface area (Å²) in [5, 5.41) is 7.99. The maximum Gasteiger partial charge on any atom is 0.265 e. The third-order valence-electron chi connectivity index (χ3n) is 6.31. The van der Waals surface area contributed by atoms with Crippen LogP contribution in [0.4, 0.5) is 13.2 Å². The number of para-hydroxylation sites is 1. The Morgan fingerprint density at radius 1 is 1.13 bits per heavy atom. The second kappa shape index (κ2) is 7.79. The van der Waals surface area contributed by atoms with Crippen LogP contribution in [-0.4, -0.2) is 42.9 Å². The van der Waals surface area contributed by atoms with Gasteiger partial charge in [-0.3, -0.25) is 9.78 Å². The molecule has 3 unspecified atom stereocenters. The fraction of sp³-hybridized carbons (Fsp3) is 0.364. The summed E-state index contributed by atoms with van der Waals surface area (Å²) in [7, 11) is 0. The van der Waals surface area contributed by atoms with Gasteiger partial charge in [-0.2, -0.15) is 10.2 Å². The third-order valence-corrected chi connectivity index (χ3v) is 6.31. The Labute approximate surface area is 176 Å². The SMILES string of the molecule is O=C(c1cccc(F)c1-n1nccn1)N1C2CCC1C(Cc1ccc(C(F)F)cn1)C2. The number of carbonyl (C=O) groups is 1. The van der Waals surface area contributed by atoms with Gasteiger partial charge in [0.25, 0.3) is 12.3 Å². The predicted molar refractivity (Wildman–Crippen MR) is 105 cm³/mol. The monoisotopic (exact) mass is 427 g/mol. The van der Waals surface area contributed by atoms with Gasteiger partial charge in [0.1, 0.15) is 5.69 Å². The van der Waals surface area contributed by atoms with Crippen LogP contribution in [0.2, 0.25) is 0 Å². The lowest BCUT2D eigenvalue weighted by molar-refractivity contribution is 0.0718. The fourth-order valence-corrected chi connectivity index (χ4v) is 4.96. The largest absolute Gasteiger partial charge is 0.332 e. The lowest BCUT2D eigenvalue weighted by atomic mass is 9.86. The van der Waals surface area contributed by atoms with Crippen molar-refractivity contribution in [3.05, 3.63) is 71.6 Å². The molecule has 31 heavy (non-hydrogen) atoms. The van der Waals surface area contributed by atoms with E-state index in [-0.39, 0.29) is 40.7 Å². The minimum atomic E-state index is -2.54. The molecular formula is C22H20F3N5O. The van der Waals surface area contributed by atoms with Gasteiger partial charge in [0.15, 0.2) is 5.82 Å². The maximum atomic E-state index is 14.6. The Kier molecular flexibility index (Phi) is 4.95. The summed E-state index contributed by atoms with van der Waals surface area (Å²) >= 11 is 0. The Hall–Kier alpha value is -3.23. The molecule has 2 bridgehead atoms. The molecule has 2 aliphatic heterocycles. The Bertz CT molecular complexity index is 1090. The van der Waals surface area contributed by atoms with Crippen molar-refractivity contribution in [3.63, 3.8) is 0 Å². The molecule has 2 aromatic heterocycles. The maximum absolute atomic E-state index is 14.6. The van der Waals surface area contributed by atoms with Crippen molar-refractivity contribution in [1.29, 1.82) is 0 Å². The summed E-state index contributed by atoms with van der Waals surface area (Å²) in [4.78, 5) is 20.7. The highest BCUT2D eigenvalue weighted by Gasteiger charge is 2.49. The summed E-state index contributed by atoms with van der Waals surface area (Å²) in [5.41, 5.74) is 0.915. The van der Waals surface area contributed by atoms with Crippen molar-refractivity contribution < 1.29 is 18.0 Å². The van der Waals surface area contributed by atoms with Crippen LogP contribution in [0.3, 0.4) is 0 Å². The number of pyridine rings is 1. The van der Waals surface area contributed by atoms with E-state index in [0.717, 1.165) is 29.8 Å². The molecule has 2 saturated heterocycles. The molecule has 160 valence electrons. The number of fused-ring (bicyclic) bond motifs is 2. The predicted octanol–water partition coefficient (Wildman–Crippen LogP) is 3.97. The number of aromatic nitrogens is 4. The van der Waals surface area contributed by atoms with E-state index >= 15 is 0 Å². The molecule has 0 aliphatic carbocycles. The van der Waals surface area contributed by atoms with Crippen molar-refractivity contribution in [3.8, 4) is 5.69 Å². The van der Waals surface area contributed by atoms with E-state index in [4.69, 9.17) is 0 Å². The second-order valence-corrected chi connectivity index (χ2v) is 8.05. The molecule has 5 rings (SSSR count). The summed E-state index contributed by atoms with van der Waals surface area (Å²) < 4.78 is 40.1. The van der Waals surface area contributed by atoms with Crippen LogP contribution in [0, 0.1) is 11.7 Å². The van der Waals surface area contributed by atoms with Crippen LogP contribution >= 0.6 is 0 Å². The van der Waals surface area contributed by atoms with Crippen molar-refractivity contribution in [2.75, 3.05) is 0 Å². The smallest absolute Gasteiger partial charge is 0.265 e. The van der Waals surface area contributed by atoms with Gasteiger partial charge in [-0.25, -0.2) is 13.2 Å². The van der Waals surface area contributed by atoms with Crippen LogP contribution in [-0.2, 0) is 6.42 Å². The quantitative estimate of drug-likeness (QED) is 0.618. The lowest BCUT2D eigenvalue weighted by Crippen LogP contribution is -2.37. The molecular weight excluding hydrogens is 407 g/mol. The highest BCUT2D eigenvalue weighted by Crippen LogP contribution is 2.44. The van der Waals surface area contributed by atoms with Gasteiger partial charge < -0.3 is 4.90 Å². The van der Waals surface area contributed by atoms with E-state index in [1.54, 1.807) is 12.1 Å². The van der Waals surface area contributed by atoms with E-state index in [1.165, 1.54) is 36.8 Å². The molecule has 2 aliphatic rings. The van der Waals surface area contributed by atoms with E-state index in [1.807, 2.05) is 4.90 Å². The van der Waals surface area contributed by atoms with Crippen molar-refractivity contribution in [2.45, 2.75) is 44.2 Å². The normalized spacial score (nSPS) is 22.5. The molecule has 0 radical (unpaired) electrons. The first-order valence-electron chi connectivity index (χ1n) is 10.2. The van der Waals surface area contributed by atoms with Gasteiger partial charge >= 0.3 is 0 Å². The van der Waals surface area contributed by atoms with Crippen LogP contribution in [0.1, 0.15) is 47.3 Å². The first-order chi connectivity index (χ1) is 15.0. The number of nitrogens with zero attached hydrogens (tertiary/aromatic N) is 5. The number of amides is 1. The molecule has 1 amide bonds. The summed E-state index contributed by atoms with van der Waals surface area (Å²) in [6, 6.07) is 7.51. The van der Waals surface area contributed by atoms with Gasteiger partial charge in [-0.1, -0.05) is 6.07 Å². The zero-order valence-electron chi connectivity index (χ0n) is 16.5. The molecule has 9 heteroatoms. The van der Waals surface area contributed by atoms with Crippen LogP contribution in [0.5, 0.6) is 0 Å². The zero-order valence-corrected chi connectivity index (χ0v) is 16.5. The molecule has 0 spiro atoms. The van der Waals surface area contributed by atoms with Crippen LogP contribution < -0.4 is 0 Å². The highest BCUT2D eigenvalue weighted by molar-refractivity contribution is 5.98. The molecule has 6 nitrogen and oxygen atoms in total. The lowest BCUT2D eigenvalue weighted by Gasteiger charge is -2.25. The number of rotatable bonds is 5. The van der Waals surface area contributed by atoms with Crippen molar-refractivity contribution >= 4 is 5.91 Å². The van der Waals surface area contributed by atoms with E-state index in [0.29, 0.717) is 6.42 Å². The number of hydrogen-bond donors (Lipinski definition) is 0. The number of hydrogen-bond acceptors (Lipinski definition) is 4. The Balaban J connectivity index is 1.39. The Morgan fingerprint density at radius 3 is 2.65 bits per heavy atom. The second-order valence-electron chi connectivity index (χ2n) is 8.05. The first kappa shape index (κ1) is 19.7. The molecule has 3 atom stereocenters. The molecule has 0 saturated carbocycles. The topological polar surface area (TPSA) is 63.9 Å². The summed E-state index contributed by atoms with van der Waals surface area (Å²) in [6.07, 6.45) is 4.74. The third kappa shape index (κ3) is 3.47. The van der Waals surface area contributed by atoms with Gasteiger partial charge in [0.05, 0.1) is 18.0 Å². The van der Waals surface area contributed by atoms with Gasteiger partial charge in [-0.15, -0.1) is 4.80 Å². The van der Waals surface area contributed by atoms with Gasteiger partial charge in [0, 0.05) is 29.5 Å². The van der Waals surface area contributed by atoms with Gasteiger partial charge in [-0.05, 0) is 55.9 Å². The average Bonchev–Trinajstić information content (AvgIpc) is 3.50. The van der Waals surface area contributed by atoms with Crippen molar-refractivity contribution in [2.24, 2.45) is 5.92 Å². The molecule has 2 fully saturated rings. The average molecular weight is 427 g/mol. The van der Waals surface area contributed by atoms with Crippen molar-refractivity contribution in [1.82, 2.24) is 24.9 Å².